The van der Waals surface area contributed by atoms with Crippen molar-refractivity contribution in [2.75, 3.05) is 10.6 Å². The Bertz CT molecular complexity index is 1170. The van der Waals surface area contributed by atoms with E-state index in [9.17, 15) is 37.1 Å². The molecule has 37 heavy (non-hydrogen) atoms. The van der Waals surface area contributed by atoms with Gasteiger partial charge in [-0.1, -0.05) is 42.5 Å². The van der Waals surface area contributed by atoms with Crippen LogP contribution in [0.5, 0.6) is 5.75 Å². The van der Waals surface area contributed by atoms with Crippen molar-refractivity contribution in [3.8, 4) is 5.75 Å². The Morgan fingerprint density at radius 1 is 1.00 bits per heavy atom. The molecule has 1 unspecified atom stereocenters. The number of nitrogens with one attached hydrogen (secondary N) is 3. The Morgan fingerprint density at radius 3 is 2.19 bits per heavy atom. The van der Waals surface area contributed by atoms with Gasteiger partial charge in [-0.15, -0.1) is 13.2 Å². The third kappa shape index (κ3) is 7.86. The van der Waals surface area contributed by atoms with Crippen LogP contribution in [0.2, 0.25) is 10.0 Å². The first-order valence-electron chi connectivity index (χ1n) is 11.0. The number of ether oxygens (including phenoxy) is 1. The number of hydrogen-bond acceptors (Lipinski definition) is 4. The van der Waals surface area contributed by atoms with E-state index in [0.717, 1.165) is 49.6 Å². The third-order valence-electron chi connectivity index (χ3n) is 5.64. The van der Waals surface area contributed by atoms with E-state index in [1.165, 1.54) is 0 Å². The average molecular weight is 566 g/mol. The lowest BCUT2D eigenvalue weighted by atomic mass is 9.84. The van der Waals surface area contributed by atoms with Gasteiger partial charge in [0, 0.05) is 12.1 Å². The van der Waals surface area contributed by atoms with Crippen LogP contribution < -0.4 is 20.7 Å². The van der Waals surface area contributed by atoms with E-state index in [0.29, 0.717) is 12.8 Å². The molecule has 1 aliphatic rings. The SMILES string of the molecule is O=C(Nc1cc(F)ccc1C(=O)NC(C(=O)O)C1CCCCC1)Nc1c(Cl)cc(OC(F)(F)F)cc1Cl. The summed E-state index contributed by atoms with van der Waals surface area (Å²) >= 11 is 11.8. The molecule has 200 valence electrons. The van der Waals surface area contributed by atoms with Crippen LogP contribution in [0.25, 0.3) is 0 Å². The number of amides is 3. The summed E-state index contributed by atoms with van der Waals surface area (Å²) in [5.41, 5.74) is -0.794. The number of aliphatic carboxylic acids is 1. The van der Waals surface area contributed by atoms with Crippen LogP contribution in [0.3, 0.4) is 0 Å². The van der Waals surface area contributed by atoms with Gasteiger partial charge in [0.15, 0.2) is 0 Å². The maximum absolute atomic E-state index is 13.9. The minimum atomic E-state index is -5.00. The van der Waals surface area contributed by atoms with Crippen LogP contribution in [-0.4, -0.2) is 35.4 Å². The predicted octanol–water partition coefficient (Wildman–Crippen LogP) is 6.44. The lowest BCUT2D eigenvalue weighted by molar-refractivity contribution is -0.274. The number of hydrogen-bond donors (Lipinski definition) is 4. The van der Waals surface area contributed by atoms with Crippen molar-refractivity contribution < 1.29 is 41.8 Å². The Kier molecular flexibility index (Phi) is 9.08. The molecular formula is C23H21Cl2F4N3O5. The fraction of sp³-hybridized carbons (Fsp3) is 0.348. The standard InChI is InChI=1S/C23H21Cl2F4N3O5/c24-15-9-13(37-23(27,28)29)10-16(25)19(15)32-22(36)30-17-8-12(26)6-7-14(17)20(33)31-18(21(34)35)11-4-2-1-3-5-11/h6-11,18H,1-5H2,(H,31,33)(H,34,35)(H2,30,32,36). The van der Waals surface area contributed by atoms with Crippen molar-refractivity contribution in [3.05, 3.63) is 51.8 Å². The van der Waals surface area contributed by atoms with E-state index in [2.05, 4.69) is 20.7 Å². The lowest BCUT2D eigenvalue weighted by Crippen LogP contribution is -2.46. The van der Waals surface area contributed by atoms with E-state index >= 15 is 0 Å². The predicted molar refractivity (Wildman–Crippen MR) is 128 cm³/mol. The second-order valence-corrected chi connectivity index (χ2v) is 9.08. The number of carbonyl (C=O) groups is 3. The molecule has 0 spiro atoms. The van der Waals surface area contributed by atoms with Crippen molar-refractivity contribution in [1.29, 1.82) is 0 Å². The zero-order valence-corrected chi connectivity index (χ0v) is 20.4. The summed E-state index contributed by atoms with van der Waals surface area (Å²) in [7, 11) is 0. The molecule has 0 aromatic heterocycles. The number of alkyl halides is 3. The molecule has 14 heteroatoms. The Hall–Kier alpha value is -3.25. The Balaban J connectivity index is 1.77. The topological polar surface area (TPSA) is 117 Å². The molecule has 0 bridgehead atoms. The molecule has 1 fully saturated rings. The van der Waals surface area contributed by atoms with Crippen molar-refractivity contribution in [2.45, 2.75) is 44.5 Å². The Morgan fingerprint density at radius 2 is 1.62 bits per heavy atom. The van der Waals surface area contributed by atoms with E-state index in [1.807, 2.05) is 0 Å². The zero-order chi connectivity index (χ0) is 27.3. The molecule has 0 radical (unpaired) electrons. The maximum atomic E-state index is 13.9. The van der Waals surface area contributed by atoms with Crippen molar-refractivity contribution >= 4 is 52.5 Å². The smallest absolute Gasteiger partial charge is 0.480 e. The molecule has 0 heterocycles. The summed E-state index contributed by atoms with van der Waals surface area (Å²) in [4.78, 5) is 37.3. The molecular weight excluding hydrogens is 545 g/mol. The van der Waals surface area contributed by atoms with Gasteiger partial charge in [0.25, 0.3) is 5.91 Å². The molecule has 1 aliphatic carbocycles. The summed E-state index contributed by atoms with van der Waals surface area (Å²) in [6.07, 6.45) is -1.09. The van der Waals surface area contributed by atoms with Gasteiger partial charge in [-0.2, -0.15) is 0 Å². The number of carboxylic acid groups (broad SMARTS) is 1. The van der Waals surface area contributed by atoms with Crippen LogP contribution in [-0.2, 0) is 4.79 Å². The number of carboxylic acids is 1. The molecule has 2 aromatic rings. The van der Waals surface area contributed by atoms with Gasteiger partial charge in [-0.05, 0) is 37.0 Å². The number of halogens is 6. The van der Waals surface area contributed by atoms with Crippen LogP contribution in [0, 0.1) is 11.7 Å². The van der Waals surface area contributed by atoms with E-state index in [4.69, 9.17) is 23.2 Å². The van der Waals surface area contributed by atoms with E-state index in [1.54, 1.807) is 0 Å². The first-order chi connectivity index (χ1) is 17.3. The lowest BCUT2D eigenvalue weighted by Gasteiger charge is -2.28. The fourth-order valence-electron chi connectivity index (χ4n) is 4.01. The highest BCUT2D eigenvalue weighted by molar-refractivity contribution is 6.40. The summed E-state index contributed by atoms with van der Waals surface area (Å²) in [5.74, 6) is -3.86. The normalized spacial score (nSPS) is 15.0. The van der Waals surface area contributed by atoms with Gasteiger partial charge in [-0.3, -0.25) is 4.79 Å². The van der Waals surface area contributed by atoms with Gasteiger partial charge in [0.05, 0.1) is 27.0 Å². The van der Waals surface area contributed by atoms with E-state index < -0.39 is 51.9 Å². The molecule has 2 aromatic carbocycles. The summed E-state index contributed by atoms with van der Waals surface area (Å²) in [6.45, 7) is 0. The molecule has 8 nitrogen and oxygen atoms in total. The molecule has 4 N–H and O–H groups in total. The average Bonchev–Trinajstić information content (AvgIpc) is 2.79. The van der Waals surface area contributed by atoms with Crippen LogP contribution in [0.15, 0.2) is 30.3 Å². The highest BCUT2D eigenvalue weighted by atomic mass is 35.5. The summed E-state index contributed by atoms with van der Waals surface area (Å²) in [6, 6.07) is 2.19. The van der Waals surface area contributed by atoms with Crippen molar-refractivity contribution in [3.63, 3.8) is 0 Å². The second kappa shape index (κ2) is 11.9. The highest BCUT2D eigenvalue weighted by Crippen LogP contribution is 2.37. The summed E-state index contributed by atoms with van der Waals surface area (Å²) < 4.78 is 55.0. The molecule has 1 atom stereocenters. The van der Waals surface area contributed by atoms with Gasteiger partial charge in [0.1, 0.15) is 17.6 Å². The van der Waals surface area contributed by atoms with Crippen molar-refractivity contribution in [2.24, 2.45) is 5.92 Å². The van der Waals surface area contributed by atoms with Gasteiger partial charge in [0.2, 0.25) is 0 Å². The quantitative estimate of drug-likeness (QED) is 0.288. The van der Waals surface area contributed by atoms with Crippen molar-refractivity contribution in [1.82, 2.24) is 5.32 Å². The van der Waals surface area contributed by atoms with Gasteiger partial charge < -0.3 is 25.8 Å². The monoisotopic (exact) mass is 565 g/mol. The maximum Gasteiger partial charge on any atom is 0.573 e. The number of anilines is 2. The molecule has 0 saturated heterocycles. The minimum Gasteiger partial charge on any atom is -0.480 e. The zero-order valence-electron chi connectivity index (χ0n) is 18.9. The number of carbonyl (C=O) groups excluding carboxylic acids is 2. The second-order valence-electron chi connectivity index (χ2n) is 8.27. The first kappa shape index (κ1) is 28.3. The van der Waals surface area contributed by atoms with Gasteiger partial charge >= 0.3 is 18.4 Å². The molecule has 3 rings (SSSR count). The van der Waals surface area contributed by atoms with Gasteiger partial charge in [-0.25, -0.2) is 14.0 Å². The van der Waals surface area contributed by atoms with Crippen LogP contribution >= 0.6 is 23.2 Å². The highest BCUT2D eigenvalue weighted by Gasteiger charge is 2.33. The number of benzene rings is 2. The molecule has 1 saturated carbocycles. The summed E-state index contributed by atoms with van der Waals surface area (Å²) in [5, 5.41) is 15.7. The Labute approximate surface area is 218 Å². The minimum absolute atomic E-state index is 0.218. The first-order valence-corrected chi connectivity index (χ1v) is 11.8. The number of rotatable bonds is 7. The fourth-order valence-corrected chi connectivity index (χ4v) is 4.58. The van der Waals surface area contributed by atoms with E-state index in [-0.39, 0.29) is 22.9 Å². The molecule has 0 aliphatic heterocycles. The van der Waals surface area contributed by atoms with Crippen LogP contribution in [0.1, 0.15) is 42.5 Å². The van der Waals surface area contributed by atoms with Crippen LogP contribution in [0.4, 0.5) is 33.7 Å². The third-order valence-corrected chi connectivity index (χ3v) is 6.23. The molecule has 3 amide bonds. The number of urea groups is 1. The largest absolute Gasteiger partial charge is 0.573 e.